The number of anilines is 2. The van der Waals surface area contributed by atoms with E-state index in [0.717, 1.165) is 16.9 Å². The van der Waals surface area contributed by atoms with Gasteiger partial charge in [-0.25, -0.2) is 15.0 Å². The Morgan fingerprint density at radius 1 is 0.923 bits per heavy atom. The lowest BCUT2D eigenvalue weighted by atomic mass is 10.2. The monoisotopic (exact) mass is 361 g/mol. The molecule has 0 unspecified atom stereocenters. The number of nitrogens with one attached hydrogen (secondary N) is 1. The summed E-state index contributed by atoms with van der Waals surface area (Å²) in [6.45, 7) is 0. The zero-order chi connectivity index (χ0) is 17.8. The van der Waals surface area contributed by atoms with E-state index in [2.05, 4.69) is 19.9 Å². The fraction of sp³-hybridized carbons (Fsp3) is 0.0526. The van der Waals surface area contributed by atoms with Gasteiger partial charge in [0, 0.05) is 11.4 Å². The SMILES string of the molecule is O=C(CSc1ncnc2nc[nH]c12)N(c1ccccc1)c1ccccc1. The van der Waals surface area contributed by atoms with E-state index in [-0.39, 0.29) is 11.7 Å². The average Bonchev–Trinajstić information content (AvgIpc) is 3.18. The van der Waals surface area contributed by atoms with Gasteiger partial charge in [-0.15, -0.1) is 0 Å². The number of H-pyrrole nitrogens is 1. The van der Waals surface area contributed by atoms with Crippen molar-refractivity contribution in [2.45, 2.75) is 5.03 Å². The molecular weight excluding hydrogens is 346 g/mol. The van der Waals surface area contributed by atoms with Gasteiger partial charge in [0.2, 0.25) is 5.91 Å². The molecule has 0 spiro atoms. The van der Waals surface area contributed by atoms with E-state index in [4.69, 9.17) is 0 Å². The summed E-state index contributed by atoms with van der Waals surface area (Å²) in [4.78, 5) is 30.3. The number of fused-ring (bicyclic) bond motifs is 1. The smallest absolute Gasteiger partial charge is 0.241 e. The lowest BCUT2D eigenvalue weighted by Gasteiger charge is -2.22. The highest BCUT2D eigenvalue weighted by atomic mass is 32.2. The minimum atomic E-state index is -0.0290. The van der Waals surface area contributed by atoms with Gasteiger partial charge in [-0.3, -0.25) is 9.69 Å². The van der Waals surface area contributed by atoms with Crippen molar-refractivity contribution in [1.82, 2.24) is 19.9 Å². The highest BCUT2D eigenvalue weighted by Gasteiger charge is 2.19. The number of carbonyl (C=O) groups excluding carboxylic acids is 1. The number of benzene rings is 2. The lowest BCUT2D eigenvalue weighted by Crippen LogP contribution is -2.27. The van der Waals surface area contributed by atoms with Crippen LogP contribution in [0, 0.1) is 0 Å². The highest BCUT2D eigenvalue weighted by Crippen LogP contribution is 2.28. The summed E-state index contributed by atoms with van der Waals surface area (Å²) in [6.07, 6.45) is 3.04. The van der Waals surface area contributed by atoms with Crippen molar-refractivity contribution >= 4 is 40.2 Å². The lowest BCUT2D eigenvalue weighted by molar-refractivity contribution is -0.115. The summed E-state index contributed by atoms with van der Waals surface area (Å²) in [7, 11) is 0. The van der Waals surface area contributed by atoms with Crippen molar-refractivity contribution < 1.29 is 4.79 Å². The first-order valence-corrected chi connectivity index (χ1v) is 9.01. The van der Waals surface area contributed by atoms with Crippen LogP contribution >= 0.6 is 11.8 Å². The third kappa shape index (κ3) is 3.29. The van der Waals surface area contributed by atoms with E-state index in [9.17, 15) is 4.79 Å². The number of amides is 1. The molecule has 0 fully saturated rings. The first kappa shape index (κ1) is 16.3. The number of nitrogens with zero attached hydrogens (tertiary/aromatic N) is 4. The molecule has 2 aromatic heterocycles. The summed E-state index contributed by atoms with van der Waals surface area (Å²) in [6, 6.07) is 19.2. The number of aromatic amines is 1. The van der Waals surface area contributed by atoms with E-state index in [1.807, 2.05) is 60.7 Å². The first-order chi connectivity index (χ1) is 12.8. The minimum absolute atomic E-state index is 0.0290. The van der Waals surface area contributed by atoms with Crippen LogP contribution in [0.4, 0.5) is 11.4 Å². The number of hydrogen-bond donors (Lipinski definition) is 1. The molecule has 0 aliphatic heterocycles. The second-order valence-electron chi connectivity index (χ2n) is 5.47. The number of hydrogen-bond acceptors (Lipinski definition) is 5. The van der Waals surface area contributed by atoms with E-state index in [1.165, 1.54) is 18.1 Å². The molecule has 7 heteroatoms. The Labute approximate surface area is 154 Å². The van der Waals surface area contributed by atoms with Gasteiger partial charge in [-0.2, -0.15) is 0 Å². The molecule has 0 saturated carbocycles. The van der Waals surface area contributed by atoms with Crippen LogP contribution in [0.2, 0.25) is 0 Å². The largest absolute Gasteiger partial charge is 0.341 e. The molecule has 0 aliphatic rings. The Kier molecular flexibility index (Phi) is 4.61. The third-order valence-corrected chi connectivity index (χ3v) is 4.77. The third-order valence-electron chi connectivity index (χ3n) is 3.80. The molecule has 26 heavy (non-hydrogen) atoms. The number of carbonyl (C=O) groups is 1. The summed E-state index contributed by atoms with van der Waals surface area (Å²) in [5.74, 6) is 0.216. The van der Waals surface area contributed by atoms with Gasteiger partial charge in [0.25, 0.3) is 0 Å². The summed E-state index contributed by atoms with van der Waals surface area (Å²) < 4.78 is 0. The maximum Gasteiger partial charge on any atom is 0.241 e. The quantitative estimate of drug-likeness (QED) is 0.432. The van der Waals surface area contributed by atoms with Crippen LogP contribution in [-0.2, 0) is 4.79 Å². The van der Waals surface area contributed by atoms with Crippen molar-refractivity contribution in [3.8, 4) is 0 Å². The molecule has 1 N–H and O–H groups in total. The van der Waals surface area contributed by atoms with Gasteiger partial charge in [-0.05, 0) is 24.3 Å². The van der Waals surface area contributed by atoms with Gasteiger partial charge in [0.05, 0.1) is 12.1 Å². The zero-order valence-corrected chi connectivity index (χ0v) is 14.6. The fourth-order valence-electron chi connectivity index (χ4n) is 2.64. The highest BCUT2D eigenvalue weighted by molar-refractivity contribution is 8.00. The Balaban J connectivity index is 1.60. The zero-order valence-electron chi connectivity index (χ0n) is 13.7. The maximum absolute atomic E-state index is 13.0. The van der Waals surface area contributed by atoms with Gasteiger partial charge >= 0.3 is 0 Å². The molecule has 0 aliphatic carbocycles. The molecule has 2 aromatic carbocycles. The molecule has 0 saturated heterocycles. The number of aromatic nitrogens is 4. The van der Waals surface area contributed by atoms with Crippen molar-refractivity contribution in [2.24, 2.45) is 0 Å². The fourth-order valence-corrected chi connectivity index (χ4v) is 3.44. The normalized spacial score (nSPS) is 10.8. The minimum Gasteiger partial charge on any atom is -0.341 e. The molecule has 0 atom stereocenters. The predicted octanol–water partition coefficient (Wildman–Crippen LogP) is 3.81. The first-order valence-electron chi connectivity index (χ1n) is 8.03. The van der Waals surface area contributed by atoms with Crippen LogP contribution in [-0.4, -0.2) is 31.6 Å². The summed E-state index contributed by atoms with van der Waals surface area (Å²) in [5.41, 5.74) is 3.01. The van der Waals surface area contributed by atoms with Crippen molar-refractivity contribution in [3.05, 3.63) is 73.3 Å². The van der Waals surface area contributed by atoms with E-state index in [1.54, 1.807) is 11.2 Å². The average molecular weight is 361 g/mol. The molecule has 128 valence electrons. The van der Waals surface area contributed by atoms with Crippen LogP contribution in [0.5, 0.6) is 0 Å². The number of para-hydroxylation sites is 2. The Morgan fingerprint density at radius 3 is 2.23 bits per heavy atom. The van der Waals surface area contributed by atoms with E-state index >= 15 is 0 Å². The molecule has 6 nitrogen and oxygen atoms in total. The number of thioether (sulfide) groups is 1. The van der Waals surface area contributed by atoms with Gasteiger partial charge < -0.3 is 4.98 Å². The van der Waals surface area contributed by atoms with Gasteiger partial charge in [0.1, 0.15) is 16.9 Å². The molecule has 4 rings (SSSR count). The second kappa shape index (κ2) is 7.37. The van der Waals surface area contributed by atoms with Crippen molar-refractivity contribution in [2.75, 3.05) is 10.7 Å². The number of rotatable bonds is 5. The molecule has 0 radical (unpaired) electrons. The molecular formula is C19H15N5OS. The molecule has 4 aromatic rings. The van der Waals surface area contributed by atoms with Crippen LogP contribution in [0.3, 0.4) is 0 Å². The summed E-state index contributed by atoms with van der Waals surface area (Å²) >= 11 is 1.37. The van der Waals surface area contributed by atoms with Crippen LogP contribution < -0.4 is 4.90 Å². The van der Waals surface area contributed by atoms with Gasteiger partial charge in [0.15, 0.2) is 5.65 Å². The Morgan fingerprint density at radius 2 is 1.58 bits per heavy atom. The maximum atomic E-state index is 13.0. The van der Waals surface area contributed by atoms with Crippen molar-refractivity contribution in [1.29, 1.82) is 0 Å². The molecule has 2 heterocycles. The summed E-state index contributed by atoms with van der Waals surface area (Å²) in [5, 5.41) is 0.710. The van der Waals surface area contributed by atoms with E-state index in [0.29, 0.717) is 10.7 Å². The van der Waals surface area contributed by atoms with E-state index < -0.39 is 0 Å². The number of imidazole rings is 1. The molecule has 0 bridgehead atoms. The molecule has 1 amide bonds. The Bertz CT molecular complexity index is 980. The second-order valence-corrected chi connectivity index (χ2v) is 6.43. The predicted molar refractivity (Wildman–Crippen MR) is 102 cm³/mol. The van der Waals surface area contributed by atoms with Crippen LogP contribution in [0.15, 0.2) is 78.3 Å². The van der Waals surface area contributed by atoms with Crippen LogP contribution in [0.25, 0.3) is 11.2 Å². The van der Waals surface area contributed by atoms with Crippen molar-refractivity contribution in [3.63, 3.8) is 0 Å². The Hall–Kier alpha value is -3.19. The van der Waals surface area contributed by atoms with Gasteiger partial charge in [-0.1, -0.05) is 48.2 Å². The topological polar surface area (TPSA) is 74.8 Å². The standard InChI is InChI=1S/C19H15N5OS/c25-16(11-26-19-17-18(21-12-20-17)22-13-23-19)24(14-7-3-1-4-8-14)15-9-5-2-6-10-15/h1-10,12-13H,11H2,(H,20,21,22,23). The van der Waals surface area contributed by atoms with Crippen LogP contribution in [0.1, 0.15) is 0 Å².